The zero-order valence-electron chi connectivity index (χ0n) is 11.9. The van der Waals surface area contributed by atoms with E-state index in [-0.39, 0.29) is 5.91 Å². The van der Waals surface area contributed by atoms with Gasteiger partial charge in [0, 0.05) is 52.5 Å². The molecule has 2 heterocycles. The van der Waals surface area contributed by atoms with Gasteiger partial charge in [-0.15, -0.1) is 0 Å². The lowest BCUT2D eigenvalue weighted by Crippen LogP contribution is -2.49. The van der Waals surface area contributed by atoms with Gasteiger partial charge >= 0.3 is 0 Å². The fourth-order valence-corrected chi connectivity index (χ4v) is 2.37. The molecule has 1 fully saturated rings. The van der Waals surface area contributed by atoms with Crippen LogP contribution in [-0.4, -0.2) is 55.7 Å². The largest absolute Gasteiger partial charge is 0.396 e. The van der Waals surface area contributed by atoms with Gasteiger partial charge < -0.3 is 20.3 Å². The molecular formula is C14H22N4O2. The number of anilines is 2. The van der Waals surface area contributed by atoms with Gasteiger partial charge in [0.1, 0.15) is 0 Å². The maximum Gasteiger partial charge on any atom is 0.222 e. The Bertz CT molecular complexity index is 445. The van der Waals surface area contributed by atoms with E-state index in [9.17, 15) is 4.79 Å². The van der Waals surface area contributed by atoms with Crippen LogP contribution in [0.1, 0.15) is 12.8 Å². The Labute approximate surface area is 119 Å². The monoisotopic (exact) mass is 278 g/mol. The highest BCUT2D eigenvalue weighted by atomic mass is 16.5. The van der Waals surface area contributed by atoms with Gasteiger partial charge in [-0.25, -0.2) is 4.98 Å². The first-order valence-electron chi connectivity index (χ1n) is 6.94. The summed E-state index contributed by atoms with van der Waals surface area (Å²) in [5, 5.41) is 0. The number of nitrogen functional groups attached to an aromatic ring is 1. The van der Waals surface area contributed by atoms with Crippen molar-refractivity contribution in [1.29, 1.82) is 0 Å². The average Bonchev–Trinajstić information content (AvgIpc) is 2.48. The summed E-state index contributed by atoms with van der Waals surface area (Å²) in [6.45, 7) is 3.63. The van der Waals surface area contributed by atoms with E-state index in [0.29, 0.717) is 18.7 Å². The Balaban J connectivity index is 1.83. The Morgan fingerprint density at radius 2 is 2.15 bits per heavy atom. The van der Waals surface area contributed by atoms with Gasteiger partial charge in [-0.3, -0.25) is 4.79 Å². The Morgan fingerprint density at radius 1 is 1.40 bits per heavy atom. The van der Waals surface area contributed by atoms with Crippen molar-refractivity contribution >= 4 is 17.4 Å². The second-order valence-electron chi connectivity index (χ2n) is 4.88. The third-order valence-corrected chi connectivity index (χ3v) is 3.49. The van der Waals surface area contributed by atoms with Gasteiger partial charge in [0.2, 0.25) is 5.91 Å². The molecule has 20 heavy (non-hydrogen) atoms. The number of ether oxygens (including phenoxy) is 1. The molecule has 2 rings (SSSR count). The molecule has 1 aromatic rings. The normalized spacial score (nSPS) is 15.4. The minimum atomic E-state index is 0.204. The summed E-state index contributed by atoms with van der Waals surface area (Å²) in [5.74, 6) is 1.02. The lowest BCUT2D eigenvalue weighted by molar-refractivity contribution is -0.131. The molecule has 1 aliphatic rings. The molecule has 0 bridgehead atoms. The van der Waals surface area contributed by atoms with E-state index >= 15 is 0 Å². The number of carbonyl (C=O) groups is 1. The summed E-state index contributed by atoms with van der Waals surface area (Å²) in [5.41, 5.74) is 6.62. The van der Waals surface area contributed by atoms with Crippen molar-refractivity contribution in [3.63, 3.8) is 0 Å². The predicted molar refractivity (Wildman–Crippen MR) is 78.6 cm³/mol. The van der Waals surface area contributed by atoms with E-state index in [1.807, 2.05) is 17.0 Å². The second-order valence-corrected chi connectivity index (χ2v) is 4.88. The Kier molecular flexibility index (Phi) is 5.17. The number of hydrogen-bond acceptors (Lipinski definition) is 5. The van der Waals surface area contributed by atoms with Crippen molar-refractivity contribution < 1.29 is 9.53 Å². The summed E-state index contributed by atoms with van der Waals surface area (Å²) < 4.78 is 4.97. The SMILES string of the molecule is COCCCC(=O)N1CCN(c2ncccc2N)CC1. The first kappa shape index (κ1) is 14.6. The molecule has 1 amide bonds. The van der Waals surface area contributed by atoms with E-state index in [1.165, 1.54) is 0 Å². The van der Waals surface area contributed by atoms with Crippen LogP contribution in [0.5, 0.6) is 0 Å². The number of aromatic nitrogens is 1. The summed E-state index contributed by atoms with van der Waals surface area (Å²) in [6.07, 6.45) is 3.08. The quantitative estimate of drug-likeness (QED) is 0.804. The molecule has 6 nitrogen and oxygen atoms in total. The molecule has 6 heteroatoms. The van der Waals surface area contributed by atoms with Crippen LogP contribution < -0.4 is 10.6 Å². The van der Waals surface area contributed by atoms with Gasteiger partial charge in [0.05, 0.1) is 5.69 Å². The fraction of sp³-hybridized carbons (Fsp3) is 0.571. The minimum absolute atomic E-state index is 0.204. The molecule has 110 valence electrons. The number of nitrogens with zero attached hydrogens (tertiary/aromatic N) is 3. The molecular weight excluding hydrogens is 256 g/mol. The number of hydrogen-bond donors (Lipinski definition) is 1. The van der Waals surface area contributed by atoms with Crippen LogP contribution in [0.3, 0.4) is 0 Å². The van der Waals surface area contributed by atoms with E-state index in [1.54, 1.807) is 13.3 Å². The molecule has 2 N–H and O–H groups in total. The third kappa shape index (κ3) is 3.60. The number of pyridine rings is 1. The Morgan fingerprint density at radius 3 is 2.80 bits per heavy atom. The van der Waals surface area contributed by atoms with Gasteiger partial charge in [0.15, 0.2) is 5.82 Å². The topological polar surface area (TPSA) is 71.7 Å². The number of piperazine rings is 1. The number of carbonyl (C=O) groups excluding carboxylic acids is 1. The lowest BCUT2D eigenvalue weighted by atomic mass is 10.2. The van der Waals surface area contributed by atoms with E-state index < -0.39 is 0 Å². The molecule has 1 aliphatic heterocycles. The van der Waals surface area contributed by atoms with Crippen molar-refractivity contribution in [1.82, 2.24) is 9.88 Å². The molecule has 0 aliphatic carbocycles. The lowest BCUT2D eigenvalue weighted by Gasteiger charge is -2.35. The first-order valence-corrected chi connectivity index (χ1v) is 6.94. The highest BCUT2D eigenvalue weighted by molar-refractivity contribution is 5.76. The highest BCUT2D eigenvalue weighted by Crippen LogP contribution is 2.20. The molecule has 0 aromatic carbocycles. The summed E-state index contributed by atoms with van der Waals surface area (Å²) >= 11 is 0. The molecule has 1 saturated heterocycles. The Hall–Kier alpha value is -1.82. The van der Waals surface area contributed by atoms with Crippen LogP contribution in [-0.2, 0) is 9.53 Å². The smallest absolute Gasteiger partial charge is 0.222 e. The molecule has 1 aromatic heterocycles. The maximum atomic E-state index is 12.0. The van der Waals surface area contributed by atoms with Gasteiger partial charge in [0.25, 0.3) is 0 Å². The zero-order chi connectivity index (χ0) is 14.4. The van der Waals surface area contributed by atoms with Crippen LogP contribution in [0.2, 0.25) is 0 Å². The maximum absolute atomic E-state index is 12.0. The molecule has 0 unspecified atom stereocenters. The first-order chi connectivity index (χ1) is 9.72. The molecule has 0 radical (unpaired) electrons. The summed E-state index contributed by atoms with van der Waals surface area (Å²) in [4.78, 5) is 20.3. The number of rotatable bonds is 5. The predicted octanol–water partition coefficient (Wildman–Crippen LogP) is 0.739. The minimum Gasteiger partial charge on any atom is -0.396 e. The van der Waals surface area contributed by atoms with Gasteiger partial charge in [-0.2, -0.15) is 0 Å². The van der Waals surface area contributed by atoms with Crippen LogP contribution >= 0.6 is 0 Å². The average molecular weight is 278 g/mol. The molecule has 0 saturated carbocycles. The second kappa shape index (κ2) is 7.09. The number of amides is 1. The van der Waals surface area contributed by atoms with Crippen molar-refractivity contribution in [2.24, 2.45) is 0 Å². The fourth-order valence-electron chi connectivity index (χ4n) is 2.37. The number of methoxy groups -OCH3 is 1. The third-order valence-electron chi connectivity index (χ3n) is 3.49. The van der Waals surface area contributed by atoms with Gasteiger partial charge in [-0.05, 0) is 18.6 Å². The van der Waals surface area contributed by atoms with Crippen molar-refractivity contribution in [3.8, 4) is 0 Å². The van der Waals surface area contributed by atoms with Crippen LogP contribution in [0.4, 0.5) is 11.5 Å². The van der Waals surface area contributed by atoms with Crippen molar-refractivity contribution in [2.75, 3.05) is 50.5 Å². The van der Waals surface area contributed by atoms with E-state index in [2.05, 4.69) is 9.88 Å². The van der Waals surface area contributed by atoms with Crippen LogP contribution in [0.25, 0.3) is 0 Å². The van der Waals surface area contributed by atoms with Gasteiger partial charge in [-0.1, -0.05) is 0 Å². The standard InChI is InChI=1S/C14H22N4O2/c1-20-11-3-5-13(19)17-7-9-18(10-8-17)14-12(15)4-2-6-16-14/h2,4,6H,3,5,7-11,15H2,1H3. The van der Waals surface area contributed by atoms with Crippen LogP contribution in [0.15, 0.2) is 18.3 Å². The number of nitrogens with two attached hydrogens (primary N) is 1. The van der Waals surface area contributed by atoms with Crippen molar-refractivity contribution in [2.45, 2.75) is 12.8 Å². The highest BCUT2D eigenvalue weighted by Gasteiger charge is 2.22. The zero-order valence-corrected chi connectivity index (χ0v) is 11.9. The van der Waals surface area contributed by atoms with Crippen LogP contribution in [0, 0.1) is 0 Å². The molecule has 0 spiro atoms. The van der Waals surface area contributed by atoms with E-state index in [0.717, 1.165) is 38.4 Å². The summed E-state index contributed by atoms with van der Waals surface area (Å²) in [7, 11) is 1.65. The van der Waals surface area contributed by atoms with E-state index in [4.69, 9.17) is 10.5 Å². The van der Waals surface area contributed by atoms with Crippen molar-refractivity contribution in [3.05, 3.63) is 18.3 Å². The molecule has 0 atom stereocenters. The summed E-state index contributed by atoms with van der Waals surface area (Å²) in [6, 6.07) is 3.68.